The zero-order chi connectivity index (χ0) is 22.7. The average Bonchev–Trinajstić information content (AvgIpc) is 2.79. The van der Waals surface area contributed by atoms with E-state index in [0.717, 1.165) is 22.9 Å². The van der Waals surface area contributed by atoms with Gasteiger partial charge in [-0.05, 0) is 36.8 Å². The van der Waals surface area contributed by atoms with Crippen LogP contribution in [0.4, 0.5) is 29.5 Å². The molecule has 0 atom stereocenters. The van der Waals surface area contributed by atoms with Gasteiger partial charge in [0, 0.05) is 31.7 Å². The molecule has 0 unspecified atom stereocenters. The summed E-state index contributed by atoms with van der Waals surface area (Å²) in [6.45, 7) is 3.75. The fraction of sp³-hybridized carbons (Fsp3) is 0.261. The Morgan fingerprint density at radius 1 is 0.906 bits per heavy atom. The van der Waals surface area contributed by atoms with Crippen molar-refractivity contribution in [3.05, 3.63) is 71.8 Å². The Hall–Kier alpha value is -3.62. The smallest absolute Gasteiger partial charge is 0.352 e. The summed E-state index contributed by atoms with van der Waals surface area (Å²) in [6.07, 6.45) is -4.54. The lowest BCUT2D eigenvalue weighted by molar-refractivity contribution is -0.136. The van der Waals surface area contributed by atoms with Gasteiger partial charge < -0.3 is 15.1 Å². The van der Waals surface area contributed by atoms with Crippen molar-refractivity contribution in [3.8, 4) is 11.3 Å². The van der Waals surface area contributed by atoms with Crippen LogP contribution in [0.3, 0.4) is 0 Å². The number of amides is 2. The number of carbonyl (C=O) groups is 1. The lowest BCUT2D eigenvalue weighted by Crippen LogP contribution is -2.50. The van der Waals surface area contributed by atoms with Crippen molar-refractivity contribution in [2.24, 2.45) is 0 Å². The van der Waals surface area contributed by atoms with E-state index in [2.05, 4.69) is 15.5 Å². The van der Waals surface area contributed by atoms with E-state index in [0.29, 0.717) is 32.0 Å². The van der Waals surface area contributed by atoms with Gasteiger partial charge in [-0.2, -0.15) is 13.2 Å². The van der Waals surface area contributed by atoms with E-state index in [1.807, 2.05) is 48.2 Å². The molecule has 2 heterocycles. The van der Waals surface area contributed by atoms with E-state index in [-0.39, 0.29) is 5.69 Å². The molecule has 6 nitrogen and oxygen atoms in total. The predicted molar refractivity (Wildman–Crippen MR) is 116 cm³/mol. The van der Waals surface area contributed by atoms with Gasteiger partial charge in [-0.1, -0.05) is 36.4 Å². The van der Waals surface area contributed by atoms with E-state index in [1.165, 1.54) is 23.1 Å². The molecule has 3 aromatic rings. The molecule has 0 bridgehead atoms. The highest BCUT2D eigenvalue weighted by Gasteiger charge is 2.34. The van der Waals surface area contributed by atoms with E-state index < -0.39 is 17.8 Å². The Bertz CT molecular complexity index is 1090. The van der Waals surface area contributed by atoms with Crippen molar-refractivity contribution in [2.75, 3.05) is 36.4 Å². The van der Waals surface area contributed by atoms with Crippen molar-refractivity contribution in [2.45, 2.75) is 13.1 Å². The number of urea groups is 1. The van der Waals surface area contributed by atoms with Crippen LogP contribution in [0.15, 0.2) is 60.7 Å². The number of aromatic nitrogens is 2. The first kappa shape index (κ1) is 21.6. The number of halogens is 3. The lowest BCUT2D eigenvalue weighted by atomic mass is 10.1. The summed E-state index contributed by atoms with van der Waals surface area (Å²) in [5.74, 6) is 0.699. The van der Waals surface area contributed by atoms with Gasteiger partial charge >= 0.3 is 12.2 Å². The topological polar surface area (TPSA) is 61.4 Å². The van der Waals surface area contributed by atoms with E-state index >= 15 is 0 Å². The normalized spacial score (nSPS) is 14.4. The molecule has 0 spiro atoms. The second-order valence-corrected chi connectivity index (χ2v) is 7.54. The number of benzene rings is 2. The van der Waals surface area contributed by atoms with Crippen molar-refractivity contribution in [1.29, 1.82) is 0 Å². The Kier molecular flexibility index (Phi) is 5.98. The second-order valence-electron chi connectivity index (χ2n) is 7.54. The molecule has 2 aromatic carbocycles. The quantitative estimate of drug-likeness (QED) is 0.633. The van der Waals surface area contributed by atoms with Crippen LogP contribution < -0.4 is 10.2 Å². The van der Waals surface area contributed by atoms with Crippen LogP contribution in [0.25, 0.3) is 11.3 Å². The summed E-state index contributed by atoms with van der Waals surface area (Å²) in [4.78, 5) is 16.0. The van der Waals surface area contributed by atoms with Gasteiger partial charge in [0.15, 0.2) is 5.82 Å². The maximum Gasteiger partial charge on any atom is 0.418 e. The highest BCUT2D eigenvalue weighted by Crippen LogP contribution is 2.34. The minimum atomic E-state index is -4.54. The van der Waals surface area contributed by atoms with E-state index in [4.69, 9.17) is 0 Å². The lowest BCUT2D eigenvalue weighted by Gasteiger charge is -2.35. The van der Waals surface area contributed by atoms with Crippen LogP contribution in [0.5, 0.6) is 0 Å². The third-order valence-corrected chi connectivity index (χ3v) is 5.44. The molecule has 166 valence electrons. The zero-order valence-corrected chi connectivity index (χ0v) is 17.4. The Labute approximate surface area is 183 Å². The maximum absolute atomic E-state index is 13.2. The Morgan fingerprint density at radius 3 is 2.25 bits per heavy atom. The molecule has 32 heavy (non-hydrogen) atoms. The number of carbonyl (C=O) groups excluding carboxylic acids is 1. The van der Waals surface area contributed by atoms with Gasteiger partial charge in [-0.25, -0.2) is 4.79 Å². The van der Waals surface area contributed by atoms with Crippen LogP contribution in [0.2, 0.25) is 0 Å². The molecular weight excluding hydrogens is 419 g/mol. The summed E-state index contributed by atoms with van der Waals surface area (Å²) < 4.78 is 39.5. The van der Waals surface area contributed by atoms with Gasteiger partial charge in [0.25, 0.3) is 0 Å². The fourth-order valence-corrected chi connectivity index (χ4v) is 3.67. The molecule has 0 radical (unpaired) electrons. The monoisotopic (exact) mass is 441 g/mol. The molecule has 1 fully saturated rings. The number of hydrogen-bond donors (Lipinski definition) is 1. The van der Waals surface area contributed by atoms with Crippen molar-refractivity contribution in [3.63, 3.8) is 0 Å². The van der Waals surface area contributed by atoms with Crippen molar-refractivity contribution >= 4 is 17.5 Å². The number of nitrogens with one attached hydrogen (secondary N) is 1. The molecule has 2 amide bonds. The van der Waals surface area contributed by atoms with Gasteiger partial charge in [0.05, 0.1) is 16.9 Å². The third-order valence-electron chi connectivity index (χ3n) is 5.44. The predicted octanol–water partition coefficient (Wildman–Crippen LogP) is 4.82. The number of rotatable bonds is 3. The number of aryl methyl sites for hydroxylation is 1. The van der Waals surface area contributed by atoms with Crippen LogP contribution in [0.1, 0.15) is 11.1 Å². The first-order valence-corrected chi connectivity index (χ1v) is 10.2. The molecule has 4 rings (SSSR count). The van der Waals surface area contributed by atoms with E-state index in [9.17, 15) is 18.0 Å². The average molecular weight is 441 g/mol. The minimum Gasteiger partial charge on any atom is -0.352 e. The molecule has 1 N–H and O–H groups in total. The maximum atomic E-state index is 13.2. The first-order chi connectivity index (χ1) is 15.3. The highest BCUT2D eigenvalue weighted by molar-refractivity contribution is 5.90. The second kappa shape index (κ2) is 8.86. The van der Waals surface area contributed by atoms with Crippen LogP contribution in [0, 0.1) is 6.92 Å². The van der Waals surface area contributed by atoms with Gasteiger partial charge in [0.2, 0.25) is 0 Å². The fourth-order valence-electron chi connectivity index (χ4n) is 3.67. The van der Waals surface area contributed by atoms with Gasteiger partial charge in [0.1, 0.15) is 0 Å². The zero-order valence-electron chi connectivity index (χ0n) is 17.4. The molecule has 1 aromatic heterocycles. The van der Waals surface area contributed by atoms with Crippen molar-refractivity contribution in [1.82, 2.24) is 15.1 Å². The molecule has 9 heteroatoms. The highest BCUT2D eigenvalue weighted by atomic mass is 19.4. The molecule has 0 saturated carbocycles. The molecule has 1 saturated heterocycles. The molecule has 1 aliphatic heterocycles. The summed E-state index contributed by atoms with van der Waals surface area (Å²) in [6, 6.07) is 16.1. The van der Waals surface area contributed by atoms with E-state index in [1.54, 1.807) is 0 Å². The van der Waals surface area contributed by atoms with Crippen LogP contribution in [-0.2, 0) is 6.18 Å². The Morgan fingerprint density at radius 2 is 1.59 bits per heavy atom. The molecule has 1 aliphatic rings. The number of alkyl halides is 3. The Balaban J connectivity index is 1.37. The molecule has 0 aliphatic carbocycles. The standard InChI is InChI=1S/C23H22F3N5O/c1-16-6-2-3-7-17(16)19-10-11-21(29-28-19)30-12-14-31(15-13-30)22(32)27-20-9-5-4-8-18(20)23(24,25)26/h2-11H,12-15H2,1H3,(H,27,32). The SMILES string of the molecule is Cc1ccccc1-c1ccc(N2CCN(C(=O)Nc3ccccc3C(F)(F)F)CC2)nn1. The summed E-state index contributed by atoms with van der Waals surface area (Å²) in [5, 5.41) is 11.1. The van der Waals surface area contributed by atoms with Gasteiger partial charge in [-0.3, -0.25) is 0 Å². The number of nitrogens with zero attached hydrogens (tertiary/aromatic N) is 4. The summed E-state index contributed by atoms with van der Waals surface area (Å²) >= 11 is 0. The van der Waals surface area contributed by atoms with Crippen molar-refractivity contribution < 1.29 is 18.0 Å². The summed E-state index contributed by atoms with van der Waals surface area (Å²) in [7, 11) is 0. The summed E-state index contributed by atoms with van der Waals surface area (Å²) in [5.41, 5.74) is 1.81. The number of para-hydroxylation sites is 1. The number of piperazine rings is 1. The molecular formula is C23H22F3N5O. The number of hydrogen-bond acceptors (Lipinski definition) is 4. The largest absolute Gasteiger partial charge is 0.418 e. The van der Waals surface area contributed by atoms with Crippen LogP contribution >= 0.6 is 0 Å². The minimum absolute atomic E-state index is 0.245. The first-order valence-electron chi connectivity index (χ1n) is 10.2. The van der Waals surface area contributed by atoms with Crippen LogP contribution in [-0.4, -0.2) is 47.3 Å². The van der Waals surface area contributed by atoms with Gasteiger partial charge in [-0.15, -0.1) is 10.2 Å². The third kappa shape index (κ3) is 4.66. The number of anilines is 2.